The molecule has 16 heavy (non-hydrogen) atoms. The van der Waals surface area contributed by atoms with Crippen molar-refractivity contribution < 1.29 is 23.8 Å². The summed E-state index contributed by atoms with van der Waals surface area (Å²) in [7, 11) is 2.53. The van der Waals surface area contributed by atoms with Crippen molar-refractivity contribution in [2.75, 3.05) is 20.8 Å². The van der Waals surface area contributed by atoms with Crippen LogP contribution in [0.15, 0.2) is 0 Å². The van der Waals surface area contributed by atoms with Crippen molar-refractivity contribution in [3.05, 3.63) is 0 Å². The highest BCUT2D eigenvalue weighted by Crippen LogP contribution is 2.31. The van der Waals surface area contributed by atoms with E-state index in [9.17, 15) is 9.59 Å². The van der Waals surface area contributed by atoms with E-state index in [1.54, 1.807) is 0 Å². The molecular weight excluding hydrogens is 212 g/mol. The number of carbonyl (C=O) groups is 2. The summed E-state index contributed by atoms with van der Waals surface area (Å²) in [5.41, 5.74) is -1.27. The van der Waals surface area contributed by atoms with Crippen LogP contribution in [0.4, 0.5) is 0 Å². The third-order valence-electron chi connectivity index (χ3n) is 2.93. The quantitative estimate of drug-likeness (QED) is 0.530. The lowest BCUT2D eigenvalue weighted by Crippen LogP contribution is -2.41. The van der Waals surface area contributed by atoms with Crippen LogP contribution in [0.1, 0.15) is 26.2 Å². The summed E-state index contributed by atoms with van der Waals surface area (Å²) in [5, 5.41) is 0. The Morgan fingerprint density at radius 1 is 1.31 bits per heavy atom. The van der Waals surface area contributed by atoms with Crippen molar-refractivity contribution >= 4 is 11.9 Å². The predicted octanol–water partition coefficient (Wildman–Crippen LogP) is 0.908. The molecule has 1 fully saturated rings. The van der Waals surface area contributed by atoms with Crippen LogP contribution in [-0.2, 0) is 23.8 Å². The highest BCUT2D eigenvalue weighted by molar-refractivity contribution is 5.99. The van der Waals surface area contributed by atoms with Gasteiger partial charge in [0.2, 0.25) is 0 Å². The normalized spacial score (nSPS) is 20.6. The number of ether oxygens (including phenoxy) is 3. The monoisotopic (exact) mass is 230 g/mol. The molecule has 1 heterocycles. The maximum atomic E-state index is 11.6. The zero-order valence-electron chi connectivity index (χ0n) is 9.95. The van der Waals surface area contributed by atoms with Gasteiger partial charge in [-0.2, -0.15) is 0 Å². The Labute approximate surface area is 95.0 Å². The van der Waals surface area contributed by atoms with Gasteiger partial charge >= 0.3 is 11.9 Å². The molecule has 1 rings (SSSR count). The molecule has 92 valence electrons. The fourth-order valence-electron chi connectivity index (χ4n) is 1.96. The first-order valence-corrected chi connectivity index (χ1v) is 5.33. The third-order valence-corrected chi connectivity index (χ3v) is 2.93. The molecule has 0 N–H and O–H groups in total. The minimum atomic E-state index is -1.27. The van der Waals surface area contributed by atoms with Crippen LogP contribution in [0.25, 0.3) is 0 Å². The Hall–Kier alpha value is -1.10. The van der Waals surface area contributed by atoms with E-state index < -0.39 is 17.4 Å². The minimum absolute atomic E-state index is 0.0665. The molecule has 1 atom stereocenters. The molecule has 1 saturated heterocycles. The molecule has 0 saturated carbocycles. The number of hydrogen-bond acceptors (Lipinski definition) is 5. The Morgan fingerprint density at radius 2 is 1.88 bits per heavy atom. The maximum absolute atomic E-state index is 11.6. The van der Waals surface area contributed by atoms with E-state index in [0.29, 0.717) is 13.0 Å². The first kappa shape index (κ1) is 13.0. The zero-order chi connectivity index (χ0) is 12.2. The summed E-state index contributed by atoms with van der Waals surface area (Å²) in [6.45, 7) is 2.22. The van der Waals surface area contributed by atoms with Crippen molar-refractivity contribution in [2.45, 2.75) is 32.3 Å². The molecule has 1 aliphatic heterocycles. The van der Waals surface area contributed by atoms with E-state index in [1.165, 1.54) is 21.1 Å². The van der Waals surface area contributed by atoms with Gasteiger partial charge in [0.15, 0.2) is 5.41 Å². The van der Waals surface area contributed by atoms with Gasteiger partial charge in [0.05, 0.1) is 20.3 Å². The molecule has 5 heteroatoms. The molecule has 5 nitrogen and oxygen atoms in total. The summed E-state index contributed by atoms with van der Waals surface area (Å²) in [5.74, 6) is -1.15. The first-order valence-electron chi connectivity index (χ1n) is 5.33. The van der Waals surface area contributed by atoms with Crippen LogP contribution >= 0.6 is 0 Å². The lowest BCUT2D eigenvalue weighted by atomic mass is 9.83. The van der Waals surface area contributed by atoms with Gasteiger partial charge in [0.1, 0.15) is 0 Å². The molecular formula is C11H18O5. The summed E-state index contributed by atoms with van der Waals surface area (Å²) in [6.07, 6.45) is 2.07. The van der Waals surface area contributed by atoms with Crippen LogP contribution in [0.3, 0.4) is 0 Å². The van der Waals surface area contributed by atoms with Crippen molar-refractivity contribution in [1.82, 2.24) is 0 Å². The Bertz CT molecular complexity index is 252. The van der Waals surface area contributed by atoms with Crippen LogP contribution in [-0.4, -0.2) is 38.9 Å². The van der Waals surface area contributed by atoms with Gasteiger partial charge in [-0.25, -0.2) is 0 Å². The summed E-state index contributed by atoms with van der Waals surface area (Å²) >= 11 is 0. The average Bonchev–Trinajstić information content (AvgIpc) is 2.79. The van der Waals surface area contributed by atoms with Crippen molar-refractivity contribution in [1.29, 1.82) is 0 Å². The molecule has 0 aromatic heterocycles. The lowest BCUT2D eigenvalue weighted by molar-refractivity contribution is -0.170. The van der Waals surface area contributed by atoms with E-state index in [0.717, 1.165) is 12.8 Å². The van der Waals surface area contributed by atoms with Gasteiger partial charge in [-0.3, -0.25) is 9.59 Å². The van der Waals surface area contributed by atoms with Crippen LogP contribution in [0.5, 0.6) is 0 Å². The van der Waals surface area contributed by atoms with Gasteiger partial charge < -0.3 is 14.2 Å². The maximum Gasteiger partial charge on any atom is 0.323 e. The second kappa shape index (κ2) is 5.30. The van der Waals surface area contributed by atoms with Gasteiger partial charge in [-0.05, 0) is 19.8 Å². The fourth-order valence-corrected chi connectivity index (χ4v) is 1.96. The molecule has 0 aromatic rings. The topological polar surface area (TPSA) is 61.8 Å². The highest BCUT2D eigenvalue weighted by Gasteiger charge is 2.46. The zero-order valence-corrected chi connectivity index (χ0v) is 9.95. The number of rotatable bonds is 4. The average molecular weight is 230 g/mol. The predicted molar refractivity (Wildman–Crippen MR) is 55.7 cm³/mol. The molecule has 0 aromatic carbocycles. The largest absolute Gasteiger partial charge is 0.468 e. The van der Waals surface area contributed by atoms with E-state index >= 15 is 0 Å². The molecule has 0 spiro atoms. The molecule has 0 amide bonds. The Kier molecular flexibility index (Phi) is 4.29. The second-order valence-corrected chi connectivity index (χ2v) is 4.15. The fraction of sp³-hybridized carbons (Fsp3) is 0.818. The summed E-state index contributed by atoms with van der Waals surface area (Å²) < 4.78 is 14.7. The first-order chi connectivity index (χ1) is 7.54. The smallest absolute Gasteiger partial charge is 0.323 e. The van der Waals surface area contributed by atoms with Gasteiger partial charge in [-0.1, -0.05) is 0 Å². The van der Waals surface area contributed by atoms with E-state index in [4.69, 9.17) is 4.74 Å². The second-order valence-electron chi connectivity index (χ2n) is 4.15. The van der Waals surface area contributed by atoms with E-state index in [1.807, 2.05) is 0 Å². The van der Waals surface area contributed by atoms with Crippen molar-refractivity contribution in [3.8, 4) is 0 Å². The van der Waals surface area contributed by atoms with E-state index in [2.05, 4.69) is 9.47 Å². The van der Waals surface area contributed by atoms with Crippen LogP contribution in [0, 0.1) is 5.41 Å². The number of hydrogen-bond donors (Lipinski definition) is 0. The van der Waals surface area contributed by atoms with Crippen molar-refractivity contribution in [3.63, 3.8) is 0 Å². The summed E-state index contributed by atoms with van der Waals surface area (Å²) in [4.78, 5) is 23.3. The number of esters is 2. The molecule has 0 aliphatic carbocycles. The van der Waals surface area contributed by atoms with Crippen LogP contribution < -0.4 is 0 Å². The lowest BCUT2D eigenvalue weighted by Gasteiger charge is -2.26. The Morgan fingerprint density at radius 3 is 2.25 bits per heavy atom. The van der Waals surface area contributed by atoms with Gasteiger partial charge in [0, 0.05) is 13.0 Å². The van der Waals surface area contributed by atoms with Gasteiger partial charge in [-0.15, -0.1) is 0 Å². The highest BCUT2D eigenvalue weighted by atomic mass is 16.5. The number of carbonyl (C=O) groups excluding carboxylic acids is 2. The van der Waals surface area contributed by atoms with Crippen LogP contribution in [0.2, 0.25) is 0 Å². The standard InChI is InChI=1S/C11H18O5/c1-11(9(12)14-2,10(13)15-3)7-8-5-4-6-16-8/h8H,4-7H2,1-3H3. The Balaban J connectivity index is 2.77. The SMILES string of the molecule is COC(=O)C(C)(CC1CCCO1)C(=O)OC. The molecule has 0 radical (unpaired) electrons. The molecule has 0 bridgehead atoms. The van der Waals surface area contributed by atoms with E-state index in [-0.39, 0.29) is 6.10 Å². The number of methoxy groups -OCH3 is 2. The van der Waals surface area contributed by atoms with Crippen molar-refractivity contribution in [2.24, 2.45) is 5.41 Å². The summed E-state index contributed by atoms with van der Waals surface area (Å²) in [6, 6.07) is 0. The third kappa shape index (κ3) is 2.52. The molecule has 1 aliphatic rings. The minimum Gasteiger partial charge on any atom is -0.468 e. The van der Waals surface area contributed by atoms with Gasteiger partial charge in [0.25, 0.3) is 0 Å². The molecule has 1 unspecified atom stereocenters.